The highest BCUT2D eigenvalue weighted by Gasteiger charge is 2.30. The van der Waals surface area contributed by atoms with Gasteiger partial charge >= 0.3 is 24.3 Å². The van der Waals surface area contributed by atoms with Gasteiger partial charge in [0.15, 0.2) is 0 Å². The fourth-order valence-electron chi connectivity index (χ4n) is 6.80. The topological polar surface area (TPSA) is 70.7 Å². The molecule has 0 N–H and O–H groups in total. The van der Waals surface area contributed by atoms with Crippen molar-refractivity contribution in [1.82, 2.24) is 0 Å². The number of anilines is 6. The fourth-order valence-corrected chi connectivity index (χ4v) is 6.80. The van der Waals surface area contributed by atoms with Crippen molar-refractivity contribution in [3.05, 3.63) is 179 Å². The Morgan fingerprint density at radius 1 is 0.361 bits per heavy atom. The van der Waals surface area contributed by atoms with Crippen LogP contribution in [0.5, 0.6) is 0 Å². The minimum absolute atomic E-state index is 0.134. The molecule has 0 atom stereocenters. The zero-order valence-electron chi connectivity index (χ0n) is 35.3. The lowest BCUT2D eigenvalue weighted by molar-refractivity contribution is -0.137. The summed E-state index contributed by atoms with van der Waals surface area (Å²) in [5.41, 5.74) is 8.68. The predicted molar refractivity (Wildman–Crippen MR) is 241 cm³/mol. The van der Waals surface area contributed by atoms with Gasteiger partial charge in [0.1, 0.15) is 0 Å². The van der Waals surface area contributed by atoms with Crippen LogP contribution in [-0.2, 0) is 19.0 Å². The number of amides is 6. The maximum absolute atomic E-state index is 13.5. The summed E-state index contributed by atoms with van der Waals surface area (Å²) in [5.74, 6) is 0. The largest absolute Gasteiger partial charge is 0.416 e. The van der Waals surface area contributed by atoms with Crippen molar-refractivity contribution in [3.63, 3.8) is 0 Å². The summed E-state index contributed by atoms with van der Waals surface area (Å²) in [6.45, 7) is 2.01. The molecular weight excluding hydrogens is 778 g/mol. The minimum Gasteiger partial charge on any atom is -0.297 e. The monoisotopic (exact) mass is 826 g/mol. The van der Waals surface area contributed by atoms with Crippen LogP contribution in [0.1, 0.15) is 33.4 Å². The van der Waals surface area contributed by atoms with Gasteiger partial charge in [-0.05, 0) is 127 Å². The van der Waals surface area contributed by atoms with Gasteiger partial charge < -0.3 is 0 Å². The van der Waals surface area contributed by atoms with E-state index < -0.39 is 17.8 Å². The van der Waals surface area contributed by atoms with E-state index in [-0.39, 0.29) is 12.1 Å². The predicted octanol–water partition coefficient (Wildman–Crippen LogP) is 11.3. The first-order valence-corrected chi connectivity index (χ1v) is 19.6. The van der Waals surface area contributed by atoms with Crippen molar-refractivity contribution < 1.29 is 27.6 Å². The van der Waals surface area contributed by atoms with E-state index in [1.165, 1.54) is 29.0 Å². The summed E-state index contributed by atoms with van der Waals surface area (Å²) in [6.07, 6.45) is -3.13. The molecule has 6 amide bonds. The van der Waals surface area contributed by atoms with E-state index in [4.69, 9.17) is 0 Å². The summed E-state index contributed by atoms with van der Waals surface area (Å²) in [6, 6.07) is 42.7. The third-order valence-corrected chi connectivity index (χ3v) is 10.8. The number of carbonyl (C=O) groups is 3. The van der Waals surface area contributed by atoms with Gasteiger partial charge in [-0.15, -0.1) is 0 Å². The lowest BCUT2D eigenvalue weighted by Crippen LogP contribution is -2.38. The van der Waals surface area contributed by atoms with Crippen LogP contribution in [0, 0.1) is 6.92 Å². The van der Waals surface area contributed by atoms with Gasteiger partial charge in [0.25, 0.3) is 0 Å². The van der Waals surface area contributed by atoms with Crippen LogP contribution in [0.25, 0.3) is 0 Å². The van der Waals surface area contributed by atoms with E-state index in [1.54, 1.807) is 54.8 Å². The quantitative estimate of drug-likeness (QED) is 0.138. The normalized spacial score (nSPS) is 11.1. The average Bonchev–Trinajstić information content (AvgIpc) is 3.27. The number of urea groups is 3. The maximum atomic E-state index is 13.5. The number of aryl methyl sites for hydroxylation is 1. The Balaban J connectivity index is 0.991. The molecule has 9 nitrogen and oxygen atoms in total. The molecule has 0 aliphatic rings. The van der Waals surface area contributed by atoms with E-state index in [1.807, 2.05) is 128 Å². The molecule has 0 aliphatic carbocycles. The highest BCUT2D eigenvalue weighted by molar-refractivity contribution is 6.04. The van der Waals surface area contributed by atoms with Crippen LogP contribution >= 0.6 is 0 Å². The third-order valence-electron chi connectivity index (χ3n) is 10.8. The minimum atomic E-state index is -4.45. The summed E-state index contributed by atoms with van der Waals surface area (Å²) < 4.78 is 38.9. The molecule has 0 radical (unpaired) electrons. The van der Waals surface area contributed by atoms with E-state index >= 15 is 0 Å². The van der Waals surface area contributed by atoms with Crippen LogP contribution in [0.3, 0.4) is 0 Å². The number of alkyl halides is 3. The first-order chi connectivity index (χ1) is 29.0. The van der Waals surface area contributed by atoms with Crippen molar-refractivity contribution in [1.29, 1.82) is 0 Å². The number of nitrogens with zero attached hydrogens (tertiary/aromatic N) is 6. The molecule has 12 heteroatoms. The van der Waals surface area contributed by atoms with Crippen LogP contribution in [0.4, 0.5) is 61.7 Å². The van der Waals surface area contributed by atoms with Crippen LogP contribution < -0.4 is 29.4 Å². The Labute approximate surface area is 355 Å². The van der Waals surface area contributed by atoms with Gasteiger partial charge in [0, 0.05) is 76.4 Å². The van der Waals surface area contributed by atoms with Gasteiger partial charge in [-0.25, -0.2) is 14.4 Å². The Morgan fingerprint density at radius 3 is 0.770 bits per heavy atom. The fraction of sp³-hybridized carbons (Fsp3) is 0.204. The van der Waals surface area contributed by atoms with Gasteiger partial charge in [-0.1, -0.05) is 66.2 Å². The molecule has 61 heavy (non-hydrogen) atoms. The highest BCUT2D eigenvalue weighted by atomic mass is 19.4. The Bertz CT molecular complexity index is 2440. The van der Waals surface area contributed by atoms with Crippen molar-refractivity contribution in [3.8, 4) is 0 Å². The highest BCUT2D eigenvalue weighted by Crippen LogP contribution is 2.31. The SMILES string of the molecule is Cc1ccc(N(C)C(=O)N(C)c2ccc(Cc3ccc(N(C)C(=O)N(C)c4ccc(Cc5ccc(N(C)C(=O)N(C)c6ccc(C(F)(F)F)cc6)cc5)cc4)cc3)cc2)cc1. The smallest absolute Gasteiger partial charge is 0.297 e. The number of hydrogen-bond donors (Lipinski definition) is 0. The Morgan fingerprint density at radius 2 is 0.557 bits per heavy atom. The van der Waals surface area contributed by atoms with E-state index in [0.717, 1.165) is 62.7 Å². The van der Waals surface area contributed by atoms with Gasteiger partial charge in [0.05, 0.1) is 5.56 Å². The second-order valence-corrected chi connectivity index (χ2v) is 15.1. The molecule has 0 spiro atoms. The number of halogens is 3. The molecular formula is C49H49F3N6O3. The number of carbonyl (C=O) groups excluding carboxylic acids is 3. The van der Waals surface area contributed by atoms with Crippen LogP contribution in [-0.4, -0.2) is 60.4 Å². The van der Waals surface area contributed by atoms with Crippen molar-refractivity contribution in [2.24, 2.45) is 0 Å². The Hall–Kier alpha value is -7.08. The summed E-state index contributed by atoms with van der Waals surface area (Å²) >= 11 is 0. The lowest BCUT2D eigenvalue weighted by Gasteiger charge is -2.26. The molecule has 6 aromatic carbocycles. The average molecular weight is 827 g/mol. The summed E-state index contributed by atoms with van der Waals surface area (Å²) in [7, 11) is 10.1. The van der Waals surface area contributed by atoms with Crippen molar-refractivity contribution in [2.75, 3.05) is 71.7 Å². The molecule has 6 aromatic rings. The molecule has 6 rings (SSSR count). The first kappa shape index (κ1) is 43.5. The number of benzene rings is 6. The molecule has 0 unspecified atom stereocenters. The molecule has 0 saturated heterocycles. The Kier molecular flexibility index (Phi) is 13.2. The zero-order chi connectivity index (χ0) is 44.0. The summed E-state index contributed by atoms with van der Waals surface area (Å²) in [4.78, 5) is 49.0. The number of rotatable bonds is 10. The standard InChI is InChI=1S/C49H49F3N6O3/c1-34-8-20-40(21-9-34)53(2)46(59)54(3)41-22-10-35(11-23-41)32-36-12-24-42(25-13-36)55(4)47(60)56(5)43-26-14-37(15-27-43)33-38-16-28-44(29-17-38)57(6)48(61)58(7)45-30-18-39(19-31-45)49(50,51)52/h8-31H,32-33H2,1-7H3. The zero-order valence-corrected chi connectivity index (χ0v) is 35.3. The van der Waals surface area contributed by atoms with Crippen molar-refractivity contribution in [2.45, 2.75) is 25.9 Å². The van der Waals surface area contributed by atoms with Gasteiger partial charge in [-0.3, -0.25) is 29.4 Å². The second-order valence-electron chi connectivity index (χ2n) is 15.1. The van der Waals surface area contributed by atoms with Crippen LogP contribution in [0.15, 0.2) is 146 Å². The first-order valence-electron chi connectivity index (χ1n) is 19.6. The van der Waals surface area contributed by atoms with E-state index in [0.29, 0.717) is 24.2 Å². The molecule has 0 bridgehead atoms. The molecule has 0 heterocycles. The molecule has 0 fully saturated rings. The van der Waals surface area contributed by atoms with Crippen molar-refractivity contribution >= 4 is 52.2 Å². The van der Waals surface area contributed by atoms with E-state index in [9.17, 15) is 27.6 Å². The summed E-state index contributed by atoms with van der Waals surface area (Å²) in [5, 5.41) is 0. The van der Waals surface area contributed by atoms with Gasteiger partial charge in [0.2, 0.25) is 0 Å². The van der Waals surface area contributed by atoms with Gasteiger partial charge in [-0.2, -0.15) is 13.2 Å². The molecule has 314 valence electrons. The second kappa shape index (κ2) is 18.5. The molecule has 0 saturated carbocycles. The number of hydrogen-bond acceptors (Lipinski definition) is 3. The molecule has 0 aromatic heterocycles. The maximum Gasteiger partial charge on any atom is 0.416 e. The lowest BCUT2D eigenvalue weighted by atomic mass is 10.0. The third kappa shape index (κ3) is 10.4. The molecule has 0 aliphatic heterocycles. The van der Waals surface area contributed by atoms with E-state index in [2.05, 4.69) is 0 Å². The van der Waals surface area contributed by atoms with Crippen LogP contribution in [0.2, 0.25) is 0 Å².